The van der Waals surface area contributed by atoms with E-state index in [0.717, 1.165) is 16.7 Å². The summed E-state index contributed by atoms with van der Waals surface area (Å²) in [5.74, 6) is 0.322. The summed E-state index contributed by atoms with van der Waals surface area (Å²) in [5, 5.41) is 2.74. The van der Waals surface area contributed by atoms with Crippen molar-refractivity contribution in [3.05, 3.63) is 77.0 Å². The second kappa shape index (κ2) is 8.69. The summed E-state index contributed by atoms with van der Waals surface area (Å²) in [5.41, 5.74) is -0.372. The number of rotatable bonds is 5. The number of ether oxygens (including phenoxy) is 1. The number of hydrogen-bond donors (Lipinski definition) is 1. The summed E-state index contributed by atoms with van der Waals surface area (Å²) in [6.45, 7) is -0.283. The van der Waals surface area contributed by atoms with Gasteiger partial charge in [-0.2, -0.15) is 13.2 Å². The maximum absolute atomic E-state index is 12.7. The summed E-state index contributed by atoms with van der Waals surface area (Å²) >= 11 is 0. The van der Waals surface area contributed by atoms with Crippen LogP contribution in [-0.2, 0) is 17.5 Å². The molecule has 0 atom stereocenters. The van der Waals surface area contributed by atoms with Gasteiger partial charge in [0.2, 0.25) is 5.91 Å². The first-order chi connectivity index (χ1) is 15.7. The molecule has 0 fully saturated rings. The minimum Gasteiger partial charge on any atom is -0.497 e. The third kappa shape index (κ3) is 4.81. The fraction of sp³-hybridized carbons (Fsp3) is 0.136. The highest BCUT2D eigenvalue weighted by molar-refractivity contribution is 5.90. The van der Waals surface area contributed by atoms with Gasteiger partial charge in [0.05, 0.1) is 12.7 Å². The molecule has 0 aliphatic carbocycles. The maximum Gasteiger partial charge on any atom is 0.416 e. The second-order valence-corrected chi connectivity index (χ2v) is 6.96. The van der Waals surface area contributed by atoms with Crippen LogP contribution in [0.25, 0.3) is 22.4 Å². The molecule has 11 heteroatoms. The van der Waals surface area contributed by atoms with Crippen molar-refractivity contribution in [3.63, 3.8) is 0 Å². The molecule has 33 heavy (non-hydrogen) atoms. The lowest BCUT2D eigenvalue weighted by Gasteiger charge is -2.09. The van der Waals surface area contributed by atoms with Gasteiger partial charge < -0.3 is 10.1 Å². The van der Waals surface area contributed by atoms with E-state index in [9.17, 15) is 22.8 Å². The largest absolute Gasteiger partial charge is 0.497 e. The molecule has 4 aromatic rings. The van der Waals surface area contributed by atoms with Gasteiger partial charge in [-0.05, 0) is 36.4 Å². The number of alkyl halides is 3. The van der Waals surface area contributed by atoms with Crippen LogP contribution in [0.15, 0.2) is 65.8 Å². The van der Waals surface area contributed by atoms with E-state index in [1.165, 1.54) is 31.8 Å². The van der Waals surface area contributed by atoms with E-state index in [4.69, 9.17) is 4.74 Å². The SMILES string of the molecule is COc1ccc(NC(=O)Cn2cnc3nc(-c4ccc(C(F)(F)F)cc4)ncc3c2=O)cc1. The fourth-order valence-corrected chi connectivity index (χ4v) is 3.04. The number of aromatic nitrogens is 4. The van der Waals surface area contributed by atoms with Crippen LogP contribution in [0.5, 0.6) is 5.75 Å². The number of hydrogen-bond acceptors (Lipinski definition) is 6. The van der Waals surface area contributed by atoms with Crippen molar-refractivity contribution in [2.45, 2.75) is 12.7 Å². The monoisotopic (exact) mass is 455 g/mol. The molecule has 2 heterocycles. The van der Waals surface area contributed by atoms with Gasteiger partial charge in [0.1, 0.15) is 24.0 Å². The number of amides is 1. The van der Waals surface area contributed by atoms with Gasteiger partial charge in [0, 0.05) is 17.4 Å². The lowest BCUT2D eigenvalue weighted by atomic mass is 10.1. The van der Waals surface area contributed by atoms with Crippen LogP contribution < -0.4 is 15.6 Å². The number of nitrogens with one attached hydrogen (secondary N) is 1. The Morgan fingerprint density at radius 3 is 2.39 bits per heavy atom. The van der Waals surface area contributed by atoms with Crippen molar-refractivity contribution in [1.29, 1.82) is 0 Å². The fourth-order valence-electron chi connectivity index (χ4n) is 3.04. The highest BCUT2D eigenvalue weighted by atomic mass is 19.4. The Balaban J connectivity index is 1.54. The number of benzene rings is 2. The minimum absolute atomic E-state index is 0.0664. The molecule has 0 unspecified atom stereocenters. The van der Waals surface area contributed by atoms with Crippen LogP contribution in [-0.4, -0.2) is 32.5 Å². The maximum atomic E-state index is 12.7. The Hall–Kier alpha value is -4.28. The Labute approximate surface area is 184 Å². The van der Waals surface area contributed by atoms with E-state index >= 15 is 0 Å². The third-order valence-corrected chi connectivity index (χ3v) is 4.74. The van der Waals surface area contributed by atoms with Crippen molar-refractivity contribution in [3.8, 4) is 17.1 Å². The van der Waals surface area contributed by atoms with Crippen LogP contribution >= 0.6 is 0 Å². The molecule has 0 saturated heterocycles. The van der Waals surface area contributed by atoms with Crippen LogP contribution in [0.2, 0.25) is 0 Å². The lowest BCUT2D eigenvalue weighted by Crippen LogP contribution is -2.28. The smallest absolute Gasteiger partial charge is 0.416 e. The normalized spacial score (nSPS) is 11.4. The second-order valence-electron chi connectivity index (χ2n) is 6.96. The van der Waals surface area contributed by atoms with Gasteiger partial charge >= 0.3 is 6.18 Å². The van der Waals surface area contributed by atoms with Gasteiger partial charge in [-0.3, -0.25) is 14.2 Å². The molecular weight excluding hydrogens is 439 g/mol. The summed E-state index contributed by atoms with van der Waals surface area (Å²) < 4.78 is 44.4. The quantitative estimate of drug-likeness (QED) is 0.495. The zero-order valence-electron chi connectivity index (χ0n) is 17.1. The van der Waals surface area contributed by atoms with E-state index in [2.05, 4.69) is 20.3 Å². The van der Waals surface area contributed by atoms with Crippen molar-refractivity contribution >= 4 is 22.6 Å². The van der Waals surface area contributed by atoms with Gasteiger partial charge in [-0.25, -0.2) is 15.0 Å². The molecule has 2 aromatic carbocycles. The summed E-state index contributed by atoms with van der Waals surface area (Å²) in [7, 11) is 1.53. The predicted molar refractivity (Wildman–Crippen MR) is 114 cm³/mol. The Morgan fingerprint density at radius 2 is 1.76 bits per heavy atom. The average molecular weight is 455 g/mol. The molecule has 0 bridgehead atoms. The number of halogens is 3. The first kappa shape index (κ1) is 21.9. The predicted octanol–water partition coefficient (Wildman–Crippen LogP) is 3.52. The van der Waals surface area contributed by atoms with E-state index in [1.54, 1.807) is 24.3 Å². The Morgan fingerprint density at radius 1 is 1.06 bits per heavy atom. The van der Waals surface area contributed by atoms with Crippen LogP contribution in [0, 0.1) is 0 Å². The Bertz CT molecular complexity index is 1370. The molecular formula is C22H16F3N5O3. The first-order valence-corrected chi connectivity index (χ1v) is 9.58. The minimum atomic E-state index is -4.45. The average Bonchev–Trinajstić information content (AvgIpc) is 2.81. The summed E-state index contributed by atoms with van der Waals surface area (Å²) in [6.07, 6.45) is -2.03. The number of fused-ring (bicyclic) bond motifs is 1. The molecule has 8 nitrogen and oxygen atoms in total. The zero-order valence-corrected chi connectivity index (χ0v) is 17.1. The van der Waals surface area contributed by atoms with Gasteiger partial charge in [0.25, 0.3) is 5.56 Å². The van der Waals surface area contributed by atoms with Gasteiger partial charge in [-0.1, -0.05) is 12.1 Å². The van der Waals surface area contributed by atoms with E-state index in [1.807, 2.05) is 0 Å². The van der Waals surface area contributed by atoms with Crippen LogP contribution in [0.3, 0.4) is 0 Å². The highest BCUT2D eigenvalue weighted by Crippen LogP contribution is 2.30. The van der Waals surface area contributed by atoms with E-state index in [-0.39, 0.29) is 23.4 Å². The number of nitrogens with zero attached hydrogens (tertiary/aromatic N) is 4. The van der Waals surface area contributed by atoms with E-state index in [0.29, 0.717) is 17.0 Å². The van der Waals surface area contributed by atoms with Gasteiger partial charge in [0.15, 0.2) is 11.5 Å². The molecule has 1 N–H and O–H groups in total. The standard InChI is InChI=1S/C22H16F3N5O3/c1-33-16-8-6-15(7-9-16)28-18(31)11-30-12-27-20-17(21(30)32)10-26-19(29-20)13-2-4-14(5-3-13)22(23,24)25/h2-10,12H,11H2,1H3,(H,28,31). The number of carbonyl (C=O) groups excluding carboxylic acids is 1. The van der Waals surface area contributed by atoms with E-state index < -0.39 is 23.2 Å². The molecule has 0 aliphatic heterocycles. The molecule has 2 aromatic heterocycles. The van der Waals surface area contributed by atoms with Crippen LogP contribution in [0.1, 0.15) is 5.56 Å². The summed E-state index contributed by atoms with van der Waals surface area (Å²) in [4.78, 5) is 37.4. The van der Waals surface area contributed by atoms with Crippen molar-refractivity contribution in [2.24, 2.45) is 0 Å². The van der Waals surface area contributed by atoms with Crippen molar-refractivity contribution in [1.82, 2.24) is 19.5 Å². The Kier molecular flexibility index (Phi) is 5.78. The summed E-state index contributed by atoms with van der Waals surface area (Å²) in [6, 6.07) is 11.0. The van der Waals surface area contributed by atoms with Crippen LogP contribution in [0.4, 0.5) is 18.9 Å². The van der Waals surface area contributed by atoms with Gasteiger partial charge in [-0.15, -0.1) is 0 Å². The number of methoxy groups -OCH3 is 1. The molecule has 0 spiro atoms. The number of anilines is 1. The molecule has 168 valence electrons. The van der Waals surface area contributed by atoms with Crippen molar-refractivity contribution < 1.29 is 22.7 Å². The molecule has 0 saturated carbocycles. The third-order valence-electron chi connectivity index (χ3n) is 4.74. The number of carbonyl (C=O) groups is 1. The molecule has 1 amide bonds. The zero-order chi connectivity index (χ0) is 23.6. The first-order valence-electron chi connectivity index (χ1n) is 9.58. The van der Waals surface area contributed by atoms with Crippen molar-refractivity contribution in [2.75, 3.05) is 12.4 Å². The molecule has 0 aliphatic rings. The topological polar surface area (TPSA) is 99.0 Å². The molecule has 4 rings (SSSR count). The molecule has 0 radical (unpaired) electrons. The highest BCUT2D eigenvalue weighted by Gasteiger charge is 2.30. The lowest BCUT2D eigenvalue weighted by molar-refractivity contribution is -0.137.